The van der Waals surface area contributed by atoms with E-state index in [9.17, 15) is 23.2 Å². The molecule has 4 aromatic heterocycles. The molecule has 1 aromatic carbocycles. The van der Waals surface area contributed by atoms with Crippen LogP contribution in [0.4, 0.5) is 18.9 Å². The molecule has 5 aromatic rings. The fourth-order valence-corrected chi connectivity index (χ4v) is 3.61. The number of nitrogens with zero attached hydrogens (tertiary/aromatic N) is 9. The molecule has 0 atom stereocenters. The molecule has 0 fully saturated rings. The van der Waals surface area contributed by atoms with Gasteiger partial charge in [0.05, 0.1) is 53.4 Å². The second kappa shape index (κ2) is 8.06. The van der Waals surface area contributed by atoms with Gasteiger partial charge in [0, 0.05) is 12.4 Å². The number of alkyl halides is 3. The van der Waals surface area contributed by atoms with Gasteiger partial charge in [0.1, 0.15) is 11.6 Å². The Morgan fingerprint density at radius 3 is 2.57 bits per heavy atom. The lowest BCUT2D eigenvalue weighted by atomic mass is 10.2. The average molecular weight is 478 g/mol. The Kier molecular flexibility index (Phi) is 5.01. The van der Waals surface area contributed by atoms with Crippen molar-refractivity contribution in [2.75, 3.05) is 5.32 Å². The van der Waals surface area contributed by atoms with Crippen LogP contribution in [0.5, 0.6) is 0 Å². The van der Waals surface area contributed by atoms with Gasteiger partial charge in [-0.2, -0.15) is 38.8 Å². The van der Waals surface area contributed by atoms with E-state index in [1.807, 2.05) is 6.07 Å². The molecular formula is C21H13F3N10O. The third-order valence-electron chi connectivity index (χ3n) is 5.13. The average Bonchev–Trinajstić information content (AvgIpc) is 3.59. The molecule has 11 nitrogen and oxygen atoms in total. The van der Waals surface area contributed by atoms with Gasteiger partial charge in [-0.3, -0.25) is 9.48 Å². The molecule has 1 N–H and O–H groups in total. The second-order valence-electron chi connectivity index (χ2n) is 7.27. The maximum absolute atomic E-state index is 14.1. The lowest BCUT2D eigenvalue weighted by molar-refractivity contribution is -0.143. The SMILES string of the molecule is Cn1ncc2c(-n3ncc(C(=O)Nc4cnc(-n5nccn5)c(C#N)c4)c3C(F)(F)F)cccc21. The topological polar surface area (TPSA) is 132 Å². The van der Waals surface area contributed by atoms with E-state index in [1.165, 1.54) is 41.6 Å². The molecule has 0 bridgehead atoms. The lowest BCUT2D eigenvalue weighted by Gasteiger charge is -2.14. The molecule has 0 unspecified atom stereocenters. The minimum absolute atomic E-state index is 0.00833. The lowest BCUT2D eigenvalue weighted by Crippen LogP contribution is -2.21. The highest BCUT2D eigenvalue weighted by molar-refractivity contribution is 6.05. The Morgan fingerprint density at radius 2 is 1.86 bits per heavy atom. The molecule has 14 heteroatoms. The summed E-state index contributed by atoms with van der Waals surface area (Å²) in [6.45, 7) is 0. The van der Waals surface area contributed by atoms with Crippen LogP contribution in [-0.2, 0) is 13.2 Å². The number of hydrogen-bond acceptors (Lipinski definition) is 7. The highest BCUT2D eigenvalue weighted by Crippen LogP contribution is 2.35. The first-order chi connectivity index (χ1) is 16.8. The van der Waals surface area contributed by atoms with Gasteiger partial charge in [-0.05, 0) is 18.2 Å². The molecule has 0 aliphatic heterocycles. The van der Waals surface area contributed by atoms with Gasteiger partial charge in [0.2, 0.25) is 0 Å². The molecule has 0 saturated carbocycles. The molecule has 0 radical (unpaired) electrons. The van der Waals surface area contributed by atoms with Gasteiger partial charge < -0.3 is 5.32 Å². The number of aryl methyl sites for hydroxylation is 1. The van der Waals surface area contributed by atoms with Crippen LogP contribution in [0.15, 0.2) is 55.2 Å². The molecule has 0 aliphatic rings. The zero-order valence-corrected chi connectivity index (χ0v) is 17.8. The summed E-state index contributed by atoms with van der Waals surface area (Å²) in [6.07, 6.45) is 1.33. The fourth-order valence-electron chi connectivity index (χ4n) is 3.61. The van der Waals surface area contributed by atoms with Gasteiger partial charge >= 0.3 is 6.18 Å². The minimum atomic E-state index is -4.90. The van der Waals surface area contributed by atoms with Crippen LogP contribution < -0.4 is 5.32 Å². The number of amides is 1. The van der Waals surface area contributed by atoms with Crippen molar-refractivity contribution in [1.82, 2.24) is 39.5 Å². The summed E-state index contributed by atoms with van der Waals surface area (Å²) in [5, 5.41) is 27.9. The van der Waals surface area contributed by atoms with E-state index < -0.39 is 23.3 Å². The van der Waals surface area contributed by atoms with Crippen molar-refractivity contribution in [3.8, 4) is 17.6 Å². The zero-order valence-electron chi connectivity index (χ0n) is 17.8. The van der Waals surface area contributed by atoms with E-state index >= 15 is 0 Å². The number of aromatic nitrogens is 8. The number of hydrogen-bond donors (Lipinski definition) is 1. The normalized spacial score (nSPS) is 11.5. The Bertz CT molecular complexity index is 1610. The van der Waals surface area contributed by atoms with Gasteiger partial charge in [-0.1, -0.05) is 6.07 Å². The van der Waals surface area contributed by atoms with Crippen LogP contribution in [0.2, 0.25) is 0 Å². The monoisotopic (exact) mass is 478 g/mol. The van der Waals surface area contributed by atoms with E-state index in [4.69, 9.17) is 0 Å². The van der Waals surface area contributed by atoms with Crippen molar-refractivity contribution >= 4 is 22.5 Å². The first-order valence-corrected chi connectivity index (χ1v) is 9.92. The number of halogens is 3. The van der Waals surface area contributed by atoms with Gasteiger partial charge in [0.15, 0.2) is 11.5 Å². The van der Waals surface area contributed by atoms with E-state index in [2.05, 4.69) is 30.7 Å². The third kappa shape index (κ3) is 3.74. The van der Waals surface area contributed by atoms with Crippen molar-refractivity contribution in [3.63, 3.8) is 0 Å². The van der Waals surface area contributed by atoms with Crippen molar-refractivity contribution in [2.24, 2.45) is 7.05 Å². The molecule has 5 rings (SSSR count). The highest BCUT2D eigenvalue weighted by atomic mass is 19.4. The maximum Gasteiger partial charge on any atom is 0.434 e. The van der Waals surface area contributed by atoms with Crippen LogP contribution in [0.1, 0.15) is 21.6 Å². The summed E-state index contributed by atoms with van der Waals surface area (Å²) in [5.41, 5.74) is -1.22. The number of fused-ring (bicyclic) bond motifs is 1. The highest BCUT2D eigenvalue weighted by Gasteiger charge is 2.41. The van der Waals surface area contributed by atoms with Gasteiger partial charge in [-0.15, -0.1) is 4.80 Å². The number of carbonyl (C=O) groups is 1. The van der Waals surface area contributed by atoms with Crippen LogP contribution >= 0.6 is 0 Å². The van der Waals surface area contributed by atoms with E-state index in [-0.39, 0.29) is 22.8 Å². The molecule has 0 spiro atoms. The van der Waals surface area contributed by atoms with Gasteiger partial charge in [0.25, 0.3) is 5.91 Å². The maximum atomic E-state index is 14.1. The van der Waals surface area contributed by atoms with Crippen molar-refractivity contribution in [1.29, 1.82) is 5.26 Å². The molecule has 35 heavy (non-hydrogen) atoms. The molecule has 1 amide bonds. The number of benzene rings is 1. The number of nitriles is 1. The van der Waals surface area contributed by atoms with Crippen molar-refractivity contribution < 1.29 is 18.0 Å². The number of pyridine rings is 1. The number of anilines is 1. The molecule has 0 aliphatic carbocycles. The predicted octanol–water partition coefficient (Wildman–Crippen LogP) is 2.88. The van der Waals surface area contributed by atoms with Crippen molar-refractivity contribution in [3.05, 3.63) is 72.1 Å². The summed E-state index contributed by atoms with van der Waals surface area (Å²) in [6, 6.07) is 7.90. The molecule has 0 saturated heterocycles. The Labute approximate surface area is 194 Å². The van der Waals surface area contributed by atoms with Crippen LogP contribution in [0.3, 0.4) is 0 Å². The number of nitrogens with one attached hydrogen (secondary N) is 1. The Hall–Kier alpha value is -5.06. The van der Waals surface area contributed by atoms with Crippen LogP contribution in [0, 0.1) is 11.3 Å². The molecule has 174 valence electrons. The van der Waals surface area contributed by atoms with Crippen LogP contribution in [0.25, 0.3) is 22.4 Å². The summed E-state index contributed by atoms with van der Waals surface area (Å²) in [7, 11) is 1.66. The molecule has 4 heterocycles. The Morgan fingerprint density at radius 1 is 1.09 bits per heavy atom. The van der Waals surface area contributed by atoms with Crippen molar-refractivity contribution in [2.45, 2.75) is 6.18 Å². The largest absolute Gasteiger partial charge is 0.434 e. The number of carbonyl (C=O) groups excluding carboxylic acids is 1. The van der Waals surface area contributed by atoms with Gasteiger partial charge in [-0.25, -0.2) is 9.67 Å². The zero-order chi connectivity index (χ0) is 24.7. The third-order valence-corrected chi connectivity index (χ3v) is 5.13. The first-order valence-electron chi connectivity index (χ1n) is 9.92. The first kappa shape index (κ1) is 21.8. The second-order valence-corrected chi connectivity index (χ2v) is 7.27. The number of rotatable bonds is 4. The summed E-state index contributed by atoms with van der Waals surface area (Å²) in [4.78, 5) is 18.0. The minimum Gasteiger partial charge on any atom is -0.320 e. The van der Waals surface area contributed by atoms with E-state index in [0.717, 1.165) is 11.0 Å². The van der Waals surface area contributed by atoms with Crippen LogP contribution in [-0.4, -0.2) is 45.4 Å². The fraction of sp³-hybridized carbons (Fsp3) is 0.0952. The van der Waals surface area contributed by atoms with E-state index in [1.54, 1.807) is 19.2 Å². The summed E-state index contributed by atoms with van der Waals surface area (Å²) >= 11 is 0. The molecular weight excluding hydrogens is 465 g/mol. The summed E-state index contributed by atoms with van der Waals surface area (Å²) < 4.78 is 44.6. The predicted molar refractivity (Wildman–Crippen MR) is 115 cm³/mol. The quantitative estimate of drug-likeness (QED) is 0.420. The Balaban J connectivity index is 1.54. The standard InChI is InChI=1S/C21H13F3N10O/c1-32-16-3-2-4-17(14(16)10-29-32)33-18(21(22,23)24)15(11-30-33)20(35)31-13-7-12(8-25)19(26-9-13)34-27-5-6-28-34/h2-7,9-11H,1H3,(H,31,35). The van der Waals surface area contributed by atoms with E-state index in [0.29, 0.717) is 15.6 Å². The smallest absolute Gasteiger partial charge is 0.320 e. The summed E-state index contributed by atoms with van der Waals surface area (Å²) in [5.74, 6) is -0.971.